The first-order chi connectivity index (χ1) is 7.27. The molecule has 3 nitrogen and oxygen atoms in total. The molecule has 15 heavy (non-hydrogen) atoms. The summed E-state index contributed by atoms with van der Waals surface area (Å²) in [5, 5.41) is 3.69. The van der Waals surface area contributed by atoms with Crippen molar-refractivity contribution in [2.45, 2.75) is 46.0 Å². The van der Waals surface area contributed by atoms with Gasteiger partial charge in [0.15, 0.2) is 5.78 Å². The first-order valence-electron chi connectivity index (χ1n) is 5.58. The molecule has 0 saturated carbocycles. The van der Waals surface area contributed by atoms with Gasteiger partial charge in [-0.15, -0.1) is 5.10 Å². The molecule has 0 amide bonds. The minimum atomic E-state index is 0.202. The highest BCUT2D eigenvalue weighted by atomic mass is 32.1. The summed E-state index contributed by atoms with van der Waals surface area (Å²) >= 11 is 1.20. The highest BCUT2D eigenvalue weighted by molar-refractivity contribution is 7.07. The molecule has 0 aliphatic rings. The van der Waals surface area contributed by atoms with Crippen molar-refractivity contribution in [1.82, 2.24) is 9.59 Å². The van der Waals surface area contributed by atoms with E-state index in [-0.39, 0.29) is 5.78 Å². The van der Waals surface area contributed by atoms with Crippen molar-refractivity contribution in [2.75, 3.05) is 0 Å². The van der Waals surface area contributed by atoms with Gasteiger partial charge in [-0.05, 0) is 17.5 Å². The van der Waals surface area contributed by atoms with Crippen molar-refractivity contribution in [3.05, 3.63) is 11.1 Å². The number of Topliss-reactive ketones (excluding diaryl/α,β-unsaturated/α-hetero) is 1. The Hall–Kier alpha value is -0.770. The normalized spacial score (nSPS) is 12.7. The number of aromatic nitrogens is 2. The van der Waals surface area contributed by atoms with Crippen LogP contribution in [0.3, 0.4) is 0 Å². The summed E-state index contributed by atoms with van der Waals surface area (Å²) in [7, 11) is 0. The Bertz CT molecular complexity index is 285. The maximum atomic E-state index is 11.8. The molecule has 1 aromatic heterocycles. The Morgan fingerprint density at radius 3 is 2.87 bits per heavy atom. The van der Waals surface area contributed by atoms with Crippen molar-refractivity contribution in [2.24, 2.45) is 5.92 Å². The lowest BCUT2D eigenvalue weighted by Gasteiger charge is -2.12. The molecular weight excluding hydrogens is 208 g/mol. The third kappa shape index (κ3) is 4.08. The van der Waals surface area contributed by atoms with Crippen LogP contribution in [-0.4, -0.2) is 15.4 Å². The van der Waals surface area contributed by atoms with E-state index in [1.165, 1.54) is 24.4 Å². The van der Waals surface area contributed by atoms with Gasteiger partial charge >= 0.3 is 0 Å². The van der Waals surface area contributed by atoms with Crippen molar-refractivity contribution >= 4 is 17.3 Å². The molecule has 0 bridgehead atoms. The first-order valence-corrected chi connectivity index (χ1v) is 6.35. The molecular formula is C11H18N2OS. The van der Waals surface area contributed by atoms with Gasteiger partial charge < -0.3 is 0 Å². The Kier molecular flexibility index (Phi) is 5.47. The SMILES string of the molecule is CCCCC(CC)CC(=O)c1cnns1. The molecule has 1 unspecified atom stereocenters. The molecule has 84 valence electrons. The van der Waals surface area contributed by atoms with Gasteiger partial charge in [-0.1, -0.05) is 44.0 Å². The summed E-state index contributed by atoms with van der Waals surface area (Å²) < 4.78 is 3.71. The van der Waals surface area contributed by atoms with E-state index in [0.717, 1.165) is 12.8 Å². The fourth-order valence-corrected chi connectivity index (χ4v) is 2.06. The zero-order chi connectivity index (χ0) is 11.1. The van der Waals surface area contributed by atoms with Crippen LogP contribution < -0.4 is 0 Å². The van der Waals surface area contributed by atoms with E-state index in [0.29, 0.717) is 17.2 Å². The quantitative estimate of drug-likeness (QED) is 0.670. The van der Waals surface area contributed by atoms with Crippen LogP contribution in [0.15, 0.2) is 6.20 Å². The Labute approximate surface area is 95.1 Å². The van der Waals surface area contributed by atoms with Crippen molar-refractivity contribution in [1.29, 1.82) is 0 Å². The highest BCUT2D eigenvalue weighted by Gasteiger charge is 2.14. The standard InChI is InChI=1S/C11H18N2OS/c1-3-5-6-9(4-2)7-10(14)11-8-12-13-15-11/h8-9H,3-7H2,1-2H3. The van der Waals surface area contributed by atoms with Crippen LogP contribution in [0.1, 0.15) is 55.6 Å². The molecule has 0 aliphatic heterocycles. The molecule has 0 spiro atoms. The molecule has 1 rings (SSSR count). The molecule has 0 N–H and O–H groups in total. The lowest BCUT2D eigenvalue weighted by Crippen LogP contribution is -2.07. The Morgan fingerprint density at radius 2 is 2.33 bits per heavy atom. The molecule has 0 aromatic carbocycles. The molecule has 0 aliphatic carbocycles. The largest absolute Gasteiger partial charge is 0.293 e. The van der Waals surface area contributed by atoms with Gasteiger partial charge in [0.05, 0.1) is 6.20 Å². The maximum absolute atomic E-state index is 11.8. The van der Waals surface area contributed by atoms with Crippen molar-refractivity contribution in [3.8, 4) is 0 Å². The number of carbonyl (C=O) groups excluding carboxylic acids is 1. The van der Waals surface area contributed by atoms with Gasteiger partial charge in [0, 0.05) is 6.42 Å². The fraction of sp³-hybridized carbons (Fsp3) is 0.727. The van der Waals surface area contributed by atoms with Crippen LogP contribution >= 0.6 is 11.5 Å². The van der Waals surface area contributed by atoms with E-state index in [9.17, 15) is 4.79 Å². The van der Waals surface area contributed by atoms with E-state index < -0.39 is 0 Å². The topological polar surface area (TPSA) is 42.9 Å². The fourth-order valence-electron chi connectivity index (χ4n) is 1.60. The Morgan fingerprint density at radius 1 is 1.53 bits per heavy atom. The molecule has 4 heteroatoms. The second-order valence-corrected chi connectivity index (χ2v) is 4.61. The first kappa shape index (κ1) is 12.3. The molecule has 0 saturated heterocycles. The predicted molar refractivity (Wildman–Crippen MR) is 62.2 cm³/mol. The second kappa shape index (κ2) is 6.67. The van der Waals surface area contributed by atoms with Gasteiger partial charge in [0.2, 0.25) is 0 Å². The summed E-state index contributed by atoms with van der Waals surface area (Å²) in [6.07, 6.45) is 6.88. The van der Waals surface area contributed by atoms with E-state index >= 15 is 0 Å². The van der Waals surface area contributed by atoms with Crippen LogP contribution in [0, 0.1) is 5.92 Å². The smallest absolute Gasteiger partial charge is 0.176 e. The average Bonchev–Trinajstić information content (AvgIpc) is 2.77. The molecule has 1 heterocycles. The lowest BCUT2D eigenvalue weighted by molar-refractivity contribution is 0.0961. The number of ketones is 1. The monoisotopic (exact) mass is 226 g/mol. The van der Waals surface area contributed by atoms with Crippen LogP contribution in [-0.2, 0) is 0 Å². The zero-order valence-corrected chi connectivity index (χ0v) is 10.2. The van der Waals surface area contributed by atoms with Gasteiger partial charge in [0.1, 0.15) is 4.88 Å². The number of hydrogen-bond acceptors (Lipinski definition) is 4. The van der Waals surface area contributed by atoms with E-state index in [4.69, 9.17) is 0 Å². The maximum Gasteiger partial charge on any atom is 0.176 e. The summed E-state index contributed by atoms with van der Waals surface area (Å²) in [6.45, 7) is 4.33. The molecule has 1 aromatic rings. The number of unbranched alkanes of at least 4 members (excludes halogenated alkanes) is 1. The Balaban J connectivity index is 2.41. The number of carbonyl (C=O) groups is 1. The number of rotatable bonds is 7. The van der Waals surface area contributed by atoms with E-state index in [2.05, 4.69) is 23.4 Å². The van der Waals surface area contributed by atoms with Crippen molar-refractivity contribution < 1.29 is 4.79 Å². The molecule has 0 fully saturated rings. The third-order valence-electron chi connectivity index (χ3n) is 2.65. The van der Waals surface area contributed by atoms with Crippen LogP contribution in [0.2, 0.25) is 0 Å². The van der Waals surface area contributed by atoms with Gasteiger partial charge in [-0.3, -0.25) is 4.79 Å². The average molecular weight is 226 g/mol. The minimum absolute atomic E-state index is 0.202. The van der Waals surface area contributed by atoms with Gasteiger partial charge in [-0.25, -0.2) is 0 Å². The summed E-state index contributed by atoms with van der Waals surface area (Å²) in [5.74, 6) is 0.729. The third-order valence-corrected chi connectivity index (χ3v) is 3.36. The lowest BCUT2D eigenvalue weighted by atomic mass is 9.93. The van der Waals surface area contributed by atoms with Crippen LogP contribution in [0.4, 0.5) is 0 Å². The zero-order valence-electron chi connectivity index (χ0n) is 9.40. The van der Waals surface area contributed by atoms with E-state index in [1.54, 1.807) is 6.20 Å². The van der Waals surface area contributed by atoms with E-state index in [1.807, 2.05) is 0 Å². The molecule has 0 radical (unpaired) electrons. The second-order valence-electron chi connectivity index (χ2n) is 3.83. The van der Waals surface area contributed by atoms with Crippen LogP contribution in [0.5, 0.6) is 0 Å². The highest BCUT2D eigenvalue weighted by Crippen LogP contribution is 2.19. The van der Waals surface area contributed by atoms with Gasteiger partial charge in [-0.2, -0.15) is 0 Å². The van der Waals surface area contributed by atoms with Gasteiger partial charge in [0.25, 0.3) is 0 Å². The molecule has 1 atom stereocenters. The summed E-state index contributed by atoms with van der Waals surface area (Å²) in [6, 6.07) is 0. The number of hydrogen-bond donors (Lipinski definition) is 0. The minimum Gasteiger partial charge on any atom is -0.293 e. The van der Waals surface area contributed by atoms with Crippen molar-refractivity contribution in [3.63, 3.8) is 0 Å². The predicted octanol–water partition coefficient (Wildman–Crippen LogP) is 3.33. The number of nitrogens with zero attached hydrogens (tertiary/aromatic N) is 2. The summed E-state index contributed by atoms with van der Waals surface area (Å²) in [4.78, 5) is 12.5. The van der Waals surface area contributed by atoms with Crippen LogP contribution in [0.25, 0.3) is 0 Å². The summed E-state index contributed by atoms with van der Waals surface area (Å²) in [5.41, 5.74) is 0.